The number of hydrogen-bond donors (Lipinski definition) is 1. The van der Waals surface area contributed by atoms with Crippen LogP contribution in [0.25, 0.3) is 22.4 Å². The normalized spacial score (nSPS) is 14.4. The van der Waals surface area contributed by atoms with Gasteiger partial charge in [-0.1, -0.05) is 24.3 Å². The van der Waals surface area contributed by atoms with Crippen LogP contribution in [0.5, 0.6) is 5.75 Å². The molecular weight excluding hydrogens is 338 g/mol. The Balaban J connectivity index is 1.60. The van der Waals surface area contributed by atoms with E-state index >= 15 is 0 Å². The quantitative estimate of drug-likeness (QED) is 0.729. The second-order valence-electron chi connectivity index (χ2n) is 6.74. The van der Waals surface area contributed by atoms with Crippen molar-refractivity contribution in [1.82, 2.24) is 14.9 Å². The van der Waals surface area contributed by atoms with Crippen LogP contribution in [-0.2, 0) is 0 Å². The van der Waals surface area contributed by atoms with E-state index in [2.05, 4.69) is 14.9 Å². The molecule has 0 radical (unpaired) electrons. The molecule has 0 spiro atoms. The highest BCUT2D eigenvalue weighted by Gasteiger charge is 2.14. The summed E-state index contributed by atoms with van der Waals surface area (Å²) in [5.41, 5.74) is 2.96. The van der Waals surface area contributed by atoms with Crippen LogP contribution in [0.15, 0.2) is 65.7 Å². The fourth-order valence-electron chi connectivity index (χ4n) is 3.47. The number of rotatable bonds is 6. The summed E-state index contributed by atoms with van der Waals surface area (Å²) >= 11 is 0. The van der Waals surface area contributed by atoms with Gasteiger partial charge in [0.15, 0.2) is 0 Å². The van der Waals surface area contributed by atoms with E-state index in [0.717, 1.165) is 42.2 Å². The predicted octanol–water partition coefficient (Wildman–Crippen LogP) is 3.58. The van der Waals surface area contributed by atoms with Crippen LogP contribution >= 0.6 is 0 Å². The largest absolute Gasteiger partial charge is 0.492 e. The van der Waals surface area contributed by atoms with Gasteiger partial charge in [0.05, 0.1) is 11.3 Å². The zero-order valence-electron chi connectivity index (χ0n) is 15.2. The van der Waals surface area contributed by atoms with Crippen molar-refractivity contribution in [1.29, 1.82) is 0 Å². The van der Waals surface area contributed by atoms with Crippen LogP contribution in [0, 0.1) is 0 Å². The number of H-pyrrole nitrogens is 1. The maximum absolute atomic E-state index is 12.5. The van der Waals surface area contributed by atoms with Crippen molar-refractivity contribution >= 4 is 0 Å². The fourth-order valence-corrected chi connectivity index (χ4v) is 3.47. The van der Waals surface area contributed by atoms with E-state index in [1.54, 1.807) is 12.4 Å². The van der Waals surface area contributed by atoms with E-state index in [-0.39, 0.29) is 5.56 Å². The van der Waals surface area contributed by atoms with Gasteiger partial charge < -0.3 is 9.72 Å². The SMILES string of the molecule is O=c1[nH]cc(-c2ccccn2)cc1-c1ccccc1OCCN1CCCC1. The Morgan fingerprint density at radius 2 is 1.85 bits per heavy atom. The Hall–Kier alpha value is -2.92. The Kier molecular flexibility index (Phi) is 5.30. The molecule has 0 bridgehead atoms. The van der Waals surface area contributed by atoms with E-state index in [4.69, 9.17) is 4.74 Å². The number of para-hydroxylation sites is 1. The third-order valence-electron chi connectivity index (χ3n) is 4.90. The number of nitrogens with one attached hydrogen (secondary N) is 1. The molecular formula is C22H23N3O2. The van der Waals surface area contributed by atoms with Gasteiger partial charge in [-0.2, -0.15) is 0 Å². The number of pyridine rings is 2. The van der Waals surface area contributed by atoms with E-state index in [9.17, 15) is 4.79 Å². The molecule has 0 atom stereocenters. The van der Waals surface area contributed by atoms with Gasteiger partial charge in [0.25, 0.3) is 5.56 Å². The number of ether oxygens (including phenoxy) is 1. The van der Waals surface area contributed by atoms with Crippen LogP contribution in [0.3, 0.4) is 0 Å². The molecule has 3 aromatic rings. The first-order chi connectivity index (χ1) is 13.3. The standard InChI is InChI=1S/C22H23N3O2/c26-22-19(15-17(16-24-22)20-8-3-4-10-23-20)18-7-1-2-9-21(18)27-14-13-25-11-5-6-12-25/h1-4,7-10,15-16H,5-6,11-14H2,(H,24,26). The molecule has 1 fully saturated rings. The van der Waals surface area contributed by atoms with Crippen LogP contribution in [0.4, 0.5) is 0 Å². The molecule has 5 nitrogen and oxygen atoms in total. The van der Waals surface area contributed by atoms with Crippen molar-refractivity contribution in [2.75, 3.05) is 26.2 Å². The molecule has 3 heterocycles. The first-order valence-electron chi connectivity index (χ1n) is 9.40. The molecule has 2 aromatic heterocycles. The summed E-state index contributed by atoms with van der Waals surface area (Å²) < 4.78 is 6.04. The highest BCUT2D eigenvalue weighted by Crippen LogP contribution is 2.29. The molecule has 4 rings (SSSR count). The zero-order chi connectivity index (χ0) is 18.5. The second-order valence-corrected chi connectivity index (χ2v) is 6.74. The van der Waals surface area contributed by atoms with Crippen LogP contribution < -0.4 is 10.3 Å². The lowest BCUT2D eigenvalue weighted by molar-refractivity contribution is 0.238. The number of hydrogen-bond acceptors (Lipinski definition) is 4. The summed E-state index contributed by atoms with van der Waals surface area (Å²) in [6.07, 6.45) is 5.99. The number of nitrogens with zero attached hydrogens (tertiary/aromatic N) is 2. The molecule has 5 heteroatoms. The molecule has 1 aromatic carbocycles. The number of likely N-dealkylation sites (tertiary alicyclic amines) is 1. The zero-order valence-corrected chi connectivity index (χ0v) is 15.2. The van der Waals surface area contributed by atoms with Gasteiger partial charge in [0.2, 0.25) is 0 Å². The second kappa shape index (κ2) is 8.18. The van der Waals surface area contributed by atoms with Crippen molar-refractivity contribution < 1.29 is 4.74 Å². The molecule has 0 amide bonds. The third-order valence-corrected chi connectivity index (χ3v) is 4.90. The maximum Gasteiger partial charge on any atom is 0.255 e. The van der Waals surface area contributed by atoms with Crippen LogP contribution in [-0.4, -0.2) is 41.1 Å². The summed E-state index contributed by atoms with van der Waals surface area (Å²) in [5, 5.41) is 0. The van der Waals surface area contributed by atoms with Gasteiger partial charge in [-0.15, -0.1) is 0 Å². The van der Waals surface area contributed by atoms with Gasteiger partial charge >= 0.3 is 0 Å². The van der Waals surface area contributed by atoms with Gasteiger partial charge in [0, 0.05) is 30.1 Å². The van der Waals surface area contributed by atoms with Crippen molar-refractivity contribution in [3.8, 4) is 28.1 Å². The summed E-state index contributed by atoms with van der Waals surface area (Å²) in [6, 6.07) is 15.3. The first kappa shape index (κ1) is 17.5. The van der Waals surface area contributed by atoms with Gasteiger partial charge in [0.1, 0.15) is 12.4 Å². The summed E-state index contributed by atoms with van der Waals surface area (Å²) in [5.74, 6) is 0.736. The molecule has 138 valence electrons. The Morgan fingerprint density at radius 3 is 2.67 bits per heavy atom. The average molecular weight is 361 g/mol. The van der Waals surface area contributed by atoms with E-state index in [1.807, 2.05) is 48.5 Å². The minimum Gasteiger partial charge on any atom is -0.492 e. The fraction of sp³-hybridized carbons (Fsp3) is 0.273. The molecule has 1 aliphatic rings. The molecule has 0 saturated carbocycles. The first-order valence-corrected chi connectivity index (χ1v) is 9.40. The van der Waals surface area contributed by atoms with Crippen molar-refractivity contribution in [3.05, 3.63) is 71.3 Å². The van der Waals surface area contributed by atoms with Crippen molar-refractivity contribution in [2.45, 2.75) is 12.8 Å². The van der Waals surface area contributed by atoms with E-state index in [0.29, 0.717) is 12.2 Å². The van der Waals surface area contributed by atoms with Crippen LogP contribution in [0.1, 0.15) is 12.8 Å². The average Bonchev–Trinajstić information content (AvgIpc) is 3.23. The molecule has 27 heavy (non-hydrogen) atoms. The summed E-state index contributed by atoms with van der Waals surface area (Å²) in [7, 11) is 0. The lowest BCUT2D eigenvalue weighted by atomic mass is 10.0. The van der Waals surface area contributed by atoms with E-state index < -0.39 is 0 Å². The smallest absolute Gasteiger partial charge is 0.255 e. The monoisotopic (exact) mass is 361 g/mol. The van der Waals surface area contributed by atoms with Gasteiger partial charge in [-0.05, 0) is 50.2 Å². The van der Waals surface area contributed by atoms with Gasteiger partial charge in [-0.3, -0.25) is 14.7 Å². The summed E-state index contributed by atoms with van der Waals surface area (Å²) in [6.45, 7) is 3.83. The Morgan fingerprint density at radius 1 is 1.04 bits per heavy atom. The number of benzene rings is 1. The number of aromatic nitrogens is 2. The minimum absolute atomic E-state index is 0.134. The topological polar surface area (TPSA) is 58.2 Å². The number of aromatic amines is 1. The Labute approximate surface area is 158 Å². The highest BCUT2D eigenvalue weighted by atomic mass is 16.5. The van der Waals surface area contributed by atoms with Crippen LogP contribution in [0.2, 0.25) is 0 Å². The third kappa shape index (κ3) is 4.09. The minimum atomic E-state index is -0.134. The van der Waals surface area contributed by atoms with Crippen molar-refractivity contribution in [3.63, 3.8) is 0 Å². The molecule has 0 aliphatic carbocycles. The molecule has 0 unspecified atom stereocenters. The lowest BCUT2D eigenvalue weighted by Crippen LogP contribution is -2.25. The molecule has 1 saturated heterocycles. The van der Waals surface area contributed by atoms with Crippen molar-refractivity contribution in [2.24, 2.45) is 0 Å². The summed E-state index contributed by atoms with van der Waals surface area (Å²) in [4.78, 5) is 22.1. The van der Waals surface area contributed by atoms with E-state index in [1.165, 1.54) is 12.8 Å². The maximum atomic E-state index is 12.5. The molecule has 1 N–H and O–H groups in total. The van der Waals surface area contributed by atoms with Gasteiger partial charge in [-0.25, -0.2) is 0 Å². The molecule has 1 aliphatic heterocycles. The lowest BCUT2D eigenvalue weighted by Gasteiger charge is -2.16. The highest BCUT2D eigenvalue weighted by molar-refractivity contribution is 5.74. The predicted molar refractivity (Wildman–Crippen MR) is 107 cm³/mol. The Bertz CT molecular complexity index is 947.